The van der Waals surface area contributed by atoms with Crippen molar-refractivity contribution in [3.63, 3.8) is 0 Å². The van der Waals surface area contributed by atoms with Gasteiger partial charge in [0.2, 0.25) is 10.0 Å². The van der Waals surface area contributed by atoms with Crippen LogP contribution in [-0.2, 0) is 16.6 Å². The number of nitrogens with one attached hydrogen (secondary N) is 1. The summed E-state index contributed by atoms with van der Waals surface area (Å²) in [5.41, 5.74) is 1.80. The second-order valence-corrected chi connectivity index (χ2v) is 7.62. The third kappa shape index (κ3) is 3.99. The molecule has 0 aromatic carbocycles. The molecule has 134 valence electrons. The molecule has 1 atom stereocenters. The number of nitrogens with zero attached hydrogens (tertiary/aromatic N) is 4. The molecule has 10 heteroatoms. The average molecular weight is 361 g/mol. The topological polar surface area (TPSA) is 81.8 Å². The Kier molecular flexibility index (Phi) is 5.38. The highest BCUT2D eigenvalue weighted by molar-refractivity contribution is 7.89. The zero-order valence-corrected chi connectivity index (χ0v) is 14.8. The fourth-order valence-corrected chi connectivity index (χ4v) is 3.75. The highest BCUT2D eigenvalue weighted by atomic mass is 32.2. The van der Waals surface area contributed by atoms with Crippen molar-refractivity contribution in [2.75, 3.05) is 6.54 Å². The first kappa shape index (κ1) is 18.5. The Morgan fingerprint density at radius 1 is 1.29 bits per heavy atom. The van der Waals surface area contributed by atoms with Crippen LogP contribution in [0.2, 0.25) is 0 Å². The number of hydrogen-bond acceptors (Lipinski definition) is 4. The Hall–Kier alpha value is -1.81. The van der Waals surface area contributed by atoms with Crippen molar-refractivity contribution in [3.8, 4) is 0 Å². The van der Waals surface area contributed by atoms with Gasteiger partial charge in [-0.25, -0.2) is 17.8 Å². The summed E-state index contributed by atoms with van der Waals surface area (Å²) in [5.74, 6) is -0.0248. The van der Waals surface area contributed by atoms with E-state index in [1.54, 1.807) is 0 Å². The Balaban J connectivity index is 2.03. The first-order valence-corrected chi connectivity index (χ1v) is 8.93. The lowest BCUT2D eigenvalue weighted by molar-refractivity contribution is 0.0541. The Morgan fingerprint density at radius 3 is 2.46 bits per heavy atom. The highest BCUT2D eigenvalue weighted by Crippen LogP contribution is 2.19. The molecule has 0 saturated carbocycles. The second-order valence-electron chi connectivity index (χ2n) is 5.88. The Morgan fingerprint density at radius 2 is 1.96 bits per heavy atom. The molecule has 0 fully saturated rings. The molecule has 7 nitrogen and oxygen atoms in total. The van der Waals surface area contributed by atoms with Crippen molar-refractivity contribution in [1.29, 1.82) is 0 Å². The minimum Gasteiger partial charge on any atom is -0.269 e. The van der Waals surface area contributed by atoms with Crippen LogP contribution in [0.25, 0.3) is 0 Å². The lowest BCUT2D eigenvalue weighted by Gasteiger charge is -2.14. The van der Waals surface area contributed by atoms with Crippen molar-refractivity contribution >= 4 is 10.0 Å². The van der Waals surface area contributed by atoms with Gasteiger partial charge in [-0.3, -0.25) is 4.68 Å². The summed E-state index contributed by atoms with van der Waals surface area (Å²) in [6, 6.07) is 1.94. The van der Waals surface area contributed by atoms with Gasteiger partial charge in [0, 0.05) is 18.8 Å². The maximum Gasteiger partial charge on any atom is 0.333 e. The summed E-state index contributed by atoms with van der Waals surface area (Å²) in [6.45, 7) is 4.84. The molecule has 1 N–H and O–H groups in total. The van der Waals surface area contributed by atoms with E-state index in [2.05, 4.69) is 14.9 Å². The normalized spacial score (nSPS) is 13.6. The van der Waals surface area contributed by atoms with Crippen LogP contribution in [0.1, 0.15) is 30.6 Å². The van der Waals surface area contributed by atoms with Crippen molar-refractivity contribution in [2.45, 2.75) is 45.7 Å². The molecule has 0 saturated heterocycles. The first-order valence-electron chi connectivity index (χ1n) is 7.44. The van der Waals surface area contributed by atoms with Gasteiger partial charge < -0.3 is 0 Å². The van der Waals surface area contributed by atoms with E-state index in [1.807, 2.05) is 31.5 Å². The number of alkyl halides is 2. The quantitative estimate of drug-likeness (QED) is 0.818. The summed E-state index contributed by atoms with van der Waals surface area (Å²) < 4.78 is 54.6. The van der Waals surface area contributed by atoms with E-state index in [4.69, 9.17) is 0 Å². The molecule has 2 aromatic heterocycles. The smallest absolute Gasteiger partial charge is 0.269 e. The van der Waals surface area contributed by atoms with Crippen LogP contribution in [-0.4, -0.2) is 34.5 Å². The first-order chi connectivity index (χ1) is 11.1. The minimum atomic E-state index is -3.89. The molecule has 0 aliphatic carbocycles. The summed E-state index contributed by atoms with van der Waals surface area (Å²) in [7, 11) is -3.89. The molecule has 2 rings (SSSR count). The molecule has 0 radical (unpaired) electrons. The average Bonchev–Trinajstić information content (AvgIpc) is 3.00. The number of aromatic nitrogens is 4. The predicted molar refractivity (Wildman–Crippen MR) is 84.3 cm³/mol. The van der Waals surface area contributed by atoms with Crippen LogP contribution >= 0.6 is 0 Å². The summed E-state index contributed by atoms with van der Waals surface area (Å²) in [6.07, 6.45) is 0.940. The van der Waals surface area contributed by atoms with Gasteiger partial charge in [-0.2, -0.15) is 19.0 Å². The second kappa shape index (κ2) is 6.98. The maximum atomic E-state index is 12.7. The lowest BCUT2D eigenvalue weighted by Crippen LogP contribution is -2.30. The number of rotatable bonds is 7. The molecule has 0 spiro atoms. The minimum absolute atomic E-state index is 0.0248. The fraction of sp³-hybridized carbons (Fsp3) is 0.571. The van der Waals surface area contributed by atoms with Crippen LogP contribution in [0.5, 0.6) is 0 Å². The van der Waals surface area contributed by atoms with Crippen LogP contribution < -0.4 is 4.72 Å². The van der Waals surface area contributed by atoms with Gasteiger partial charge in [0.1, 0.15) is 4.90 Å². The van der Waals surface area contributed by atoms with Crippen LogP contribution in [0, 0.1) is 26.7 Å². The predicted octanol–water partition coefficient (Wildman–Crippen LogP) is 2.01. The molecule has 0 bridgehead atoms. The highest BCUT2D eigenvalue weighted by Gasteiger charge is 2.24. The summed E-state index contributed by atoms with van der Waals surface area (Å²) in [5, 5.41) is 7.76. The monoisotopic (exact) mass is 361 g/mol. The fourth-order valence-electron chi connectivity index (χ4n) is 2.42. The number of hydrogen-bond donors (Lipinski definition) is 1. The lowest BCUT2D eigenvalue weighted by atomic mass is 10.2. The molecule has 0 unspecified atom stereocenters. The number of sulfonamides is 1. The van der Waals surface area contributed by atoms with Gasteiger partial charge in [0.25, 0.3) is 0 Å². The largest absolute Gasteiger partial charge is 0.333 e. The van der Waals surface area contributed by atoms with Crippen molar-refractivity contribution in [1.82, 2.24) is 24.3 Å². The number of halogens is 2. The van der Waals surface area contributed by atoms with Gasteiger partial charge >= 0.3 is 6.55 Å². The third-order valence-corrected chi connectivity index (χ3v) is 5.21. The molecule has 2 aromatic rings. The molecular formula is C14H21F2N5O2S. The Bertz CT molecular complexity index is 813. The third-order valence-electron chi connectivity index (χ3n) is 3.68. The maximum absolute atomic E-state index is 12.7. The summed E-state index contributed by atoms with van der Waals surface area (Å²) >= 11 is 0. The Labute approximate surface area is 139 Å². The van der Waals surface area contributed by atoms with Crippen LogP contribution in [0.15, 0.2) is 17.2 Å². The van der Waals surface area contributed by atoms with E-state index in [9.17, 15) is 17.2 Å². The van der Waals surface area contributed by atoms with Crippen LogP contribution in [0.3, 0.4) is 0 Å². The van der Waals surface area contributed by atoms with E-state index < -0.39 is 16.6 Å². The van der Waals surface area contributed by atoms with Crippen molar-refractivity contribution in [3.05, 3.63) is 29.3 Å². The van der Waals surface area contributed by atoms with E-state index in [-0.39, 0.29) is 23.1 Å². The molecule has 0 aliphatic rings. The van der Waals surface area contributed by atoms with Gasteiger partial charge in [-0.05, 0) is 32.8 Å². The SMILES string of the molecule is Cc1cc(C)n(C[C@H](C)CNS(=O)(=O)c2cnn(C(F)F)c2C)n1. The molecule has 0 aliphatic heterocycles. The standard InChI is InChI=1S/C14H21F2N5O2S/c1-9(8-20-11(3)5-10(2)19-20)6-18-24(22,23)13-7-17-21(12(13)4)14(15)16/h5,7,9,14,18H,6,8H2,1-4H3/t9-/m1/s1. The molecular weight excluding hydrogens is 340 g/mol. The van der Waals surface area contributed by atoms with E-state index in [0.717, 1.165) is 17.6 Å². The zero-order valence-electron chi connectivity index (χ0n) is 14.0. The van der Waals surface area contributed by atoms with Gasteiger partial charge in [0.15, 0.2) is 0 Å². The zero-order chi connectivity index (χ0) is 18.1. The van der Waals surface area contributed by atoms with E-state index in [1.165, 1.54) is 6.92 Å². The molecule has 2 heterocycles. The van der Waals surface area contributed by atoms with Crippen LogP contribution in [0.4, 0.5) is 8.78 Å². The summed E-state index contributed by atoms with van der Waals surface area (Å²) in [4.78, 5) is -0.235. The van der Waals surface area contributed by atoms with Gasteiger partial charge in [-0.1, -0.05) is 6.92 Å². The van der Waals surface area contributed by atoms with Gasteiger partial charge in [0.05, 0.1) is 17.6 Å². The van der Waals surface area contributed by atoms with Crippen molar-refractivity contribution < 1.29 is 17.2 Å². The number of aryl methyl sites for hydroxylation is 2. The molecule has 24 heavy (non-hydrogen) atoms. The van der Waals surface area contributed by atoms with Gasteiger partial charge in [-0.15, -0.1) is 0 Å². The van der Waals surface area contributed by atoms with Crippen molar-refractivity contribution in [2.24, 2.45) is 5.92 Å². The van der Waals surface area contributed by atoms with E-state index >= 15 is 0 Å². The van der Waals surface area contributed by atoms with E-state index in [0.29, 0.717) is 11.2 Å². The molecule has 0 amide bonds.